The second-order valence-electron chi connectivity index (χ2n) is 7.58. The van der Waals surface area contributed by atoms with Crippen LogP contribution in [0.2, 0.25) is 15.1 Å². The third-order valence-electron chi connectivity index (χ3n) is 4.89. The van der Waals surface area contributed by atoms with Crippen LogP contribution < -0.4 is 4.72 Å². The van der Waals surface area contributed by atoms with E-state index < -0.39 is 10.0 Å². The van der Waals surface area contributed by atoms with Crippen LogP contribution in [0.25, 0.3) is 10.2 Å². The molecule has 0 bridgehead atoms. The molecule has 176 valence electrons. The maximum Gasteiger partial charge on any atom is 0.263 e. The van der Waals surface area contributed by atoms with Crippen LogP contribution in [0.3, 0.4) is 0 Å². The van der Waals surface area contributed by atoms with Crippen LogP contribution in [-0.4, -0.2) is 19.2 Å². The molecule has 0 aliphatic carbocycles. The minimum Gasteiger partial charge on any atom is -0.294 e. The number of nitrogens with one attached hydrogen (secondary N) is 1. The summed E-state index contributed by atoms with van der Waals surface area (Å²) in [5.74, 6) is -0.261. The minimum atomic E-state index is -4.06. The Bertz CT molecular complexity index is 1570. The summed E-state index contributed by atoms with van der Waals surface area (Å²) < 4.78 is 30.2. The molecule has 0 saturated heterocycles. The lowest BCUT2D eigenvalue weighted by Crippen LogP contribution is -2.14. The SMILES string of the molecule is CC(=O)c1cc(NS(=O)(=O)c2cc(C)c(Cl)cc2Cl)cc(Cl)c1Sc1nc2cc(C)ccc2s1. The number of aromatic nitrogens is 1. The number of ketones is 1. The number of carbonyl (C=O) groups excluding carboxylic acids is 1. The van der Waals surface area contributed by atoms with Crippen molar-refractivity contribution in [2.24, 2.45) is 0 Å². The normalized spacial score (nSPS) is 11.7. The lowest BCUT2D eigenvalue weighted by Gasteiger charge is -2.14. The Morgan fingerprint density at radius 3 is 2.44 bits per heavy atom. The lowest BCUT2D eigenvalue weighted by atomic mass is 10.1. The Labute approximate surface area is 220 Å². The van der Waals surface area contributed by atoms with Gasteiger partial charge in [0.05, 0.1) is 25.9 Å². The largest absolute Gasteiger partial charge is 0.294 e. The molecule has 5 nitrogen and oxygen atoms in total. The van der Waals surface area contributed by atoms with E-state index in [0.29, 0.717) is 15.5 Å². The van der Waals surface area contributed by atoms with Crippen LogP contribution in [0.15, 0.2) is 56.6 Å². The van der Waals surface area contributed by atoms with Gasteiger partial charge in [0.2, 0.25) is 0 Å². The van der Waals surface area contributed by atoms with Crippen LogP contribution in [0, 0.1) is 13.8 Å². The fourth-order valence-corrected chi connectivity index (χ4v) is 7.57. The molecule has 4 aromatic rings. The van der Waals surface area contributed by atoms with Gasteiger partial charge in [-0.1, -0.05) is 52.6 Å². The quantitative estimate of drug-likeness (QED) is 0.237. The molecule has 0 unspecified atom stereocenters. The number of thiazole rings is 1. The summed E-state index contributed by atoms with van der Waals surface area (Å²) in [6, 6.07) is 11.7. The molecular formula is C23H17Cl3N2O3S3. The highest BCUT2D eigenvalue weighted by Crippen LogP contribution is 2.41. The minimum absolute atomic E-state index is 0.0146. The Hall–Kier alpha value is -1.81. The van der Waals surface area contributed by atoms with Crippen molar-refractivity contribution < 1.29 is 13.2 Å². The number of sulfonamides is 1. The zero-order valence-corrected chi connectivity index (χ0v) is 22.8. The zero-order valence-electron chi connectivity index (χ0n) is 18.1. The third kappa shape index (κ3) is 5.22. The smallest absolute Gasteiger partial charge is 0.263 e. The van der Waals surface area contributed by atoms with E-state index in [2.05, 4.69) is 9.71 Å². The molecule has 1 N–H and O–H groups in total. The third-order valence-corrected chi connectivity index (χ3v) is 9.79. The fourth-order valence-electron chi connectivity index (χ4n) is 3.21. The van der Waals surface area contributed by atoms with Crippen molar-refractivity contribution in [3.8, 4) is 0 Å². The van der Waals surface area contributed by atoms with Gasteiger partial charge < -0.3 is 0 Å². The van der Waals surface area contributed by atoms with Crippen LogP contribution in [0.1, 0.15) is 28.4 Å². The molecule has 4 rings (SSSR count). The highest BCUT2D eigenvalue weighted by atomic mass is 35.5. The zero-order chi connectivity index (χ0) is 24.8. The van der Waals surface area contributed by atoms with E-state index in [9.17, 15) is 13.2 Å². The maximum absolute atomic E-state index is 13.0. The van der Waals surface area contributed by atoms with Gasteiger partial charge in [-0.15, -0.1) is 11.3 Å². The van der Waals surface area contributed by atoms with Crippen LogP contribution in [0.4, 0.5) is 5.69 Å². The first-order chi connectivity index (χ1) is 15.9. The van der Waals surface area contributed by atoms with Gasteiger partial charge >= 0.3 is 0 Å². The van der Waals surface area contributed by atoms with E-state index >= 15 is 0 Å². The van der Waals surface area contributed by atoms with Gasteiger partial charge in [-0.2, -0.15) is 0 Å². The van der Waals surface area contributed by atoms with Crippen LogP contribution in [0.5, 0.6) is 0 Å². The summed E-state index contributed by atoms with van der Waals surface area (Å²) in [5.41, 5.74) is 2.95. The predicted molar refractivity (Wildman–Crippen MR) is 142 cm³/mol. The number of rotatable bonds is 6. The average molecular weight is 572 g/mol. The molecule has 0 radical (unpaired) electrons. The Balaban J connectivity index is 1.71. The van der Waals surface area contributed by atoms with Crippen LogP contribution >= 0.6 is 57.9 Å². The molecule has 0 fully saturated rings. The van der Waals surface area contributed by atoms with Crippen molar-refractivity contribution in [3.63, 3.8) is 0 Å². The van der Waals surface area contributed by atoms with Gasteiger partial charge in [-0.05, 0) is 68.3 Å². The molecule has 1 heterocycles. The first-order valence-electron chi connectivity index (χ1n) is 9.82. The Morgan fingerprint density at radius 2 is 1.74 bits per heavy atom. The molecule has 11 heteroatoms. The van der Waals surface area contributed by atoms with Crippen molar-refractivity contribution in [2.45, 2.75) is 34.9 Å². The fraction of sp³-hybridized carbons (Fsp3) is 0.130. The average Bonchev–Trinajstić information content (AvgIpc) is 3.13. The molecule has 34 heavy (non-hydrogen) atoms. The van der Waals surface area contributed by atoms with Crippen molar-refractivity contribution in [2.75, 3.05) is 4.72 Å². The number of Topliss-reactive ketones (excluding diaryl/α,β-unsaturated/α-hetero) is 1. The first-order valence-corrected chi connectivity index (χ1v) is 14.1. The maximum atomic E-state index is 13.0. The molecule has 0 saturated carbocycles. The monoisotopic (exact) mass is 570 g/mol. The summed E-state index contributed by atoms with van der Waals surface area (Å²) in [6.45, 7) is 5.07. The number of carbonyl (C=O) groups is 1. The summed E-state index contributed by atoms with van der Waals surface area (Å²) in [6.07, 6.45) is 0. The topological polar surface area (TPSA) is 76.1 Å². The van der Waals surface area contributed by atoms with Gasteiger partial charge in [0.25, 0.3) is 10.0 Å². The number of fused-ring (bicyclic) bond motifs is 1. The highest BCUT2D eigenvalue weighted by Gasteiger charge is 2.22. The van der Waals surface area contributed by atoms with Crippen LogP contribution in [-0.2, 0) is 10.0 Å². The summed E-state index contributed by atoms with van der Waals surface area (Å²) in [4.78, 5) is 17.5. The molecule has 0 aliphatic rings. The molecule has 0 amide bonds. The van der Waals surface area contributed by atoms with Gasteiger partial charge in [0.15, 0.2) is 10.1 Å². The molecule has 1 aromatic heterocycles. The summed E-state index contributed by atoms with van der Waals surface area (Å²) in [7, 11) is -4.06. The number of hydrogen-bond acceptors (Lipinski definition) is 6. The number of benzene rings is 3. The number of anilines is 1. The van der Waals surface area contributed by atoms with E-state index in [1.807, 2.05) is 25.1 Å². The number of halogens is 3. The second-order valence-corrected chi connectivity index (χ2v) is 12.7. The van der Waals surface area contributed by atoms with Gasteiger partial charge in [-0.3, -0.25) is 9.52 Å². The molecule has 0 atom stereocenters. The standard InChI is InChI=1S/C23H17Cl3N2O3S3/c1-11-4-5-20-19(6-11)27-23(32-20)33-22-15(13(3)29)8-14(9-18(22)26)28-34(30,31)21-7-12(2)16(24)10-17(21)25/h4-10,28H,1-3H3. The van der Waals surface area contributed by atoms with Gasteiger partial charge in [0.1, 0.15) is 4.90 Å². The van der Waals surface area contributed by atoms with Gasteiger partial charge in [-0.25, -0.2) is 13.4 Å². The number of aryl methyl sites for hydroxylation is 2. The summed E-state index contributed by atoms with van der Waals surface area (Å²) >= 11 is 21.5. The number of nitrogens with zero attached hydrogens (tertiary/aromatic N) is 1. The highest BCUT2D eigenvalue weighted by molar-refractivity contribution is 8.01. The van der Waals surface area contributed by atoms with E-state index in [1.165, 1.54) is 54.3 Å². The Kier molecular flexibility index (Phi) is 7.20. The van der Waals surface area contributed by atoms with Crippen molar-refractivity contribution in [3.05, 3.63) is 74.2 Å². The molecule has 0 spiro atoms. The van der Waals surface area contributed by atoms with E-state index in [0.717, 1.165) is 20.1 Å². The predicted octanol–water partition coefficient (Wildman–Crippen LogP) is 8.03. The first kappa shape index (κ1) is 25.3. The molecule has 0 aliphatic heterocycles. The van der Waals surface area contributed by atoms with Crippen molar-refractivity contribution in [1.82, 2.24) is 4.98 Å². The van der Waals surface area contributed by atoms with E-state index in [1.54, 1.807) is 6.92 Å². The summed E-state index contributed by atoms with van der Waals surface area (Å²) in [5, 5.41) is 0.570. The molecule has 3 aromatic carbocycles. The number of hydrogen-bond donors (Lipinski definition) is 1. The van der Waals surface area contributed by atoms with Crippen molar-refractivity contribution >= 4 is 89.6 Å². The lowest BCUT2D eigenvalue weighted by molar-refractivity contribution is 0.101. The molecular weight excluding hydrogens is 555 g/mol. The Morgan fingerprint density at radius 1 is 1.00 bits per heavy atom. The van der Waals surface area contributed by atoms with E-state index in [-0.39, 0.29) is 32.0 Å². The van der Waals surface area contributed by atoms with E-state index in [4.69, 9.17) is 34.8 Å². The van der Waals surface area contributed by atoms with Crippen molar-refractivity contribution in [1.29, 1.82) is 0 Å². The van der Waals surface area contributed by atoms with Gasteiger partial charge in [0, 0.05) is 15.5 Å². The second kappa shape index (κ2) is 9.68.